The van der Waals surface area contributed by atoms with Crippen LogP contribution in [0.15, 0.2) is 47.6 Å². The van der Waals surface area contributed by atoms with Gasteiger partial charge in [-0.15, -0.1) is 0 Å². The third kappa shape index (κ3) is 3.07. The lowest BCUT2D eigenvalue weighted by molar-refractivity contribution is 0.245. The fourth-order valence-electron chi connectivity index (χ4n) is 2.89. The molecule has 1 unspecified atom stereocenters. The van der Waals surface area contributed by atoms with Crippen LogP contribution in [-0.2, 0) is 10.0 Å². The Kier molecular flexibility index (Phi) is 4.58. The number of methoxy groups -OCH3 is 1. The van der Waals surface area contributed by atoms with Gasteiger partial charge in [-0.25, -0.2) is 18.4 Å². The highest BCUT2D eigenvalue weighted by atomic mass is 32.2. The van der Waals surface area contributed by atoms with Crippen molar-refractivity contribution < 1.29 is 13.2 Å². The van der Waals surface area contributed by atoms with E-state index in [1.807, 2.05) is 0 Å². The van der Waals surface area contributed by atoms with Gasteiger partial charge >= 0.3 is 0 Å². The van der Waals surface area contributed by atoms with Crippen LogP contribution in [0.2, 0.25) is 0 Å². The van der Waals surface area contributed by atoms with Crippen LogP contribution in [0.25, 0.3) is 0 Å². The van der Waals surface area contributed by atoms with Gasteiger partial charge in [0.25, 0.3) is 0 Å². The van der Waals surface area contributed by atoms with Crippen LogP contribution in [0.4, 0.5) is 0 Å². The van der Waals surface area contributed by atoms with Crippen LogP contribution < -0.4 is 4.74 Å². The van der Waals surface area contributed by atoms with Gasteiger partial charge in [-0.05, 0) is 31.0 Å². The van der Waals surface area contributed by atoms with Gasteiger partial charge in [-0.1, -0.05) is 18.6 Å². The van der Waals surface area contributed by atoms with E-state index in [0.717, 1.165) is 19.3 Å². The van der Waals surface area contributed by atoms with E-state index >= 15 is 0 Å². The van der Waals surface area contributed by atoms with Crippen LogP contribution >= 0.6 is 0 Å². The van der Waals surface area contributed by atoms with Crippen molar-refractivity contribution in [2.24, 2.45) is 0 Å². The van der Waals surface area contributed by atoms with Crippen molar-refractivity contribution in [3.63, 3.8) is 0 Å². The molecule has 3 rings (SSSR count). The third-order valence-corrected chi connectivity index (χ3v) is 5.94. The summed E-state index contributed by atoms with van der Waals surface area (Å²) in [5, 5.41) is 0. The monoisotopic (exact) mass is 333 g/mol. The van der Waals surface area contributed by atoms with Crippen molar-refractivity contribution in [1.29, 1.82) is 0 Å². The minimum Gasteiger partial charge on any atom is -0.495 e. The molecule has 0 spiro atoms. The zero-order chi connectivity index (χ0) is 16.3. The molecule has 7 heteroatoms. The smallest absolute Gasteiger partial charge is 0.247 e. The quantitative estimate of drug-likeness (QED) is 0.859. The molecule has 0 saturated carbocycles. The molecule has 0 bridgehead atoms. The normalized spacial score (nSPS) is 19.4. The molecule has 0 aliphatic carbocycles. The van der Waals surface area contributed by atoms with E-state index in [2.05, 4.69) is 9.97 Å². The van der Waals surface area contributed by atoms with Gasteiger partial charge in [-0.2, -0.15) is 4.31 Å². The highest BCUT2D eigenvalue weighted by molar-refractivity contribution is 7.89. The zero-order valence-corrected chi connectivity index (χ0v) is 13.7. The molecule has 1 aromatic heterocycles. The van der Waals surface area contributed by atoms with Gasteiger partial charge in [0.05, 0.1) is 13.2 Å². The van der Waals surface area contributed by atoms with E-state index in [0.29, 0.717) is 18.1 Å². The van der Waals surface area contributed by atoms with Crippen LogP contribution in [0, 0.1) is 0 Å². The van der Waals surface area contributed by atoms with E-state index in [9.17, 15) is 8.42 Å². The molecule has 2 aromatic rings. The molecule has 0 amide bonds. The fourth-order valence-corrected chi connectivity index (χ4v) is 4.70. The molecule has 1 aliphatic heterocycles. The molecule has 2 heterocycles. The lowest BCUT2D eigenvalue weighted by atomic mass is 10.0. The molecular formula is C16H19N3O3S. The topological polar surface area (TPSA) is 72.4 Å². The Morgan fingerprint density at radius 1 is 1.13 bits per heavy atom. The maximum Gasteiger partial charge on any atom is 0.247 e. The maximum absolute atomic E-state index is 13.1. The molecule has 122 valence electrons. The summed E-state index contributed by atoms with van der Waals surface area (Å²) in [6.45, 7) is 0.462. The Hall–Kier alpha value is -1.99. The number of hydrogen-bond acceptors (Lipinski definition) is 5. The molecule has 0 radical (unpaired) electrons. The highest BCUT2D eigenvalue weighted by Crippen LogP contribution is 2.36. The van der Waals surface area contributed by atoms with E-state index in [-0.39, 0.29) is 10.9 Å². The number of ether oxygens (including phenoxy) is 1. The predicted molar refractivity (Wildman–Crippen MR) is 85.5 cm³/mol. The van der Waals surface area contributed by atoms with Crippen LogP contribution in [-0.4, -0.2) is 36.3 Å². The number of piperidine rings is 1. The molecule has 0 N–H and O–H groups in total. The average molecular weight is 333 g/mol. The highest BCUT2D eigenvalue weighted by Gasteiger charge is 2.37. The van der Waals surface area contributed by atoms with E-state index < -0.39 is 10.0 Å². The molecular weight excluding hydrogens is 314 g/mol. The van der Waals surface area contributed by atoms with Gasteiger partial charge in [0.2, 0.25) is 10.0 Å². The number of sulfonamides is 1. The van der Waals surface area contributed by atoms with Gasteiger partial charge in [0, 0.05) is 18.9 Å². The summed E-state index contributed by atoms with van der Waals surface area (Å²) in [5.74, 6) is 0.900. The van der Waals surface area contributed by atoms with Crippen molar-refractivity contribution in [3.8, 4) is 5.75 Å². The third-order valence-electron chi connectivity index (χ3n) is 3.99. The Labute approximate surface area is 136 Å². The molecule has 1 aromatic carbocycles. The summed E-state index contributed by atoms with van der Waals surface area (Å²) in [6, 6.07) is 8.08. The van der Waals surface area contributed by atoms with Gasteiger partial charge in [0.15, 0.2) is 0 Å². The molecule has 1 atom stereocenters. The van der Waals surface area contributed by atoms with Gasteiger partial charge in [0.1, 0.15) is 16.5 Å². The first-order chi connectivity index (χ1) is 11.1. The van der Waals surface area contributed by atoms with Gasteiger partial charge < -0.3 is 4.74 Å². The van der Waals surface area contributed by atoms with E-state index in [1.165, 1.54) is 11.4 Å². The van der Waals surface area contributed by atoms with Crippen LogP contribution in [0.1, 0.15) is 31.1 Å². The molecule has 23 heavy (non-hydrogen) atoms. The van der Waals surface area contributed by atoms with E-state index in [1.54, 1.807) is 42.7 Å². The van der Waals surface area contributed by atoms with Crippen molar-refractivity contribution >= 4 is 10.0 Å². The summed E-state index contributed by atoms with van der Waals surface area (Å²) in [5.41, 5.74) is 0. The van der Waals surface area contributed by atoms with Crippen LogP contribution in [0.5, 0.6) is 5.75 Å². The van der Waals surface area contributed by atoms with Crippen molar-refractivity contribution in [1.82, 2.24) is 14.3 Å². The Morgan fingerprint density at radius 3 is 2.61 bits per heavy atom. The SMILES string of the molecule is COc1ccccc1S(=O)(=O)N1CCCCC1c1ncccn1. The second-order valence-electron chi connectivity index (χ2n) is 5.39. The van der Waals surface area contributed by atoms with Crippen molar-refractivity contribution in [3.05, 3.63) is 48.5 Å². The first-order valence-electron chi connectivity index (χ1n) is 7.56. The van der Waals surface area contributed by atoms with Crippen molar-refractivity contribution in [2.75, 3.05) is 13.7 Å². The Morgan fingerprint density at radius 2 is 1.87 bits per heavy atom. The minimum atomic E-state index is -3.67. The summed E-state index contributed by atoms with van der Waals surface area (Å²) in [4.78, 5) is 8.69. The number of nitrogens with zero attached hydrogens (tertiary/aromatic N) is 3. The average Bonchev–Trinajstić information content (AvgIpc) is 2.62. The molecule has 1 saturated heterocycles. The number of para-hydroxylation sites is 1. The molecule has 1 fully saturated rings. The molecule has 6 nitrogen and oxygen atoms in total. The lowest BCUT2D eigenvalue weighted by Gasteiger charge is -2.33. The second-order valence-corrected chi connectivity index (χ2v) is 7.24. The predicted octanol–water partition coefficient (Wildman–Crippen LogP) is 2.40. The Balaban J connectivity index is 2.03. The summed E-state index contributed by atoms with van der Waals surface area (Å²) >= 11 is 0. The maximum atomic E-state index is 13.1. The fraction of sp³-hybridized carbons (Fsp3) is 0.375. The summed E-state index contributed by atoms with van der Waals surface area (Å²) in [7, 11) is -2.20. The van der Waals surface area contributed by atoms with Crippen molar-refractivity contribution in [2.45, 2.75) is 30.2 Å². The first kappa shape index (κ1) is 15.9. The first-order valence-corrected chi connectivity index (χ1v) is 9.00. The number of benzene rings is 1. The number of aromatic nitrogens is 2. The minimum absolute atomic E-state index is 0.185. The number of rotatable bonds is 4. The zero-order valence-electron chi connectivity index (χ0n) is 12.9. The Bertz CT molecular complexity index is 765. The second kappa shape index (κ2) is 6.64. The van der Waals surface area contributed by atoms with Crippen LogP contribution in [0.3, 0.4) is 0 Å². The molecule has 1 aliphatic rings. The summed E-state index contributed by atoms with van der Waals surface area (Å²) in [6.07, 6.45) is 5.80. The van der Waals surface area contributed by atoms with E-state index in [4.69, 9.17) is 4.74 Å². The lowest BCUT2D eigenvalue weighted by Crippen LogP contribution is -2.39. The van der Waals surface area contributed by atoms with Gasteiger partial charge in [-0.3, -0.25) is 0 Å². The summed E-state index contributed by atoms with van der Waals surface area (Å²) < 4.78 is 33.0. The number of hydrogen-bond donors (Lipinski definition) is 0. The standard InChI is InChI=1S/C16H19N3O3S/c1-22-14-8-2-3-9-15(14)23(20,21)19-12-5-4-7-13(19)16-17-10-6-11-18-16/h2-3,6,8-11,13H,4-5,7,12H2,1H3. The largest absolute Gasteiger partial charge is 0.495 e.